The molecule has 2 rings (SSSR count). The van der Waals surface area contributed by atoms with E-state index in [1.54, 1.807) is 0 Å². The van der Waals surface area contributed by atoms with E-state index in [1.807, 2.05) is 0 Å². The highest BCUT2D eigenvalue weighted by atomic mass is 79.9. The van der Waals surface area contributed by atoms with Crippen LogP contribution in [0.5, 0.6) is 0 Å². The maximum absolute atomic E-state index is 4.01. The normalized spacial score (nSPS) is 10.5. The summed E-state index contributed by atoms with van der Waals surface area (Å²) >= 11 is 3.58. The highest BCUT2D eigenvalue weighted by Gasteiger charge is 2.03. The first-order valence-electron chi connectivity index (χ1n) is 5.80. The zero-order valence-corrected chi connectivity index (χ0v) is 11.5. The number of rotatable bonds is 4. The lowest BCUT2D eigenvalue weighted by Crippen LogP contribution is -2.03. The molecule has 0 saturated carbocycles. The first-order valence-corrected chi connectivity index (χ1v) is 6.59. The lowest BCUT2D eigenvalue weighted by atomic mass is 10.1. The van der Waals surface area contributed by atoms with E-state index < -0.39 is 0 Å². The van der Waals surface area contributed by atoms with E-state index >= 15 is 0 Å². The summed E-state index contributed by atoms with van der Waals surface area (Å²) in [5.41, 5.74) is 2.38. The van der Waals surface area contributed by atoms with Crippen LogP contribution >= 0.6 is 15.9 Å². The zero-order valence-electron chi connectivity index (χ0n) is 9.96. The van der Waals surface area contributed by atoms with Crippen molar-refractivity contribution in [1.82, 2.24) is 0 Å². The summed E-state index contributed by atoms with van der Waals surface area (Å²) < 4.78 is 1.13. The number of nitrogens with one attached hydrogen (secondary N) is 1. The molecule has 0 bridgehead atoms. The largest absolute Gasteiger partial charge is 0.381 e. The summed E-state index contributed by atoms with van der Waals surface area (Å²) in [5.74, 6) is 0. The molecule has 2 aromatic rings. The van der Waals surface area contributed by atoms with Gasteiger partial charge in [0.1, 0.15) is 0 Å². The summed E-state index contributed by atoms with van der Waals surface area (Å²) in [7, 11) is 0. The number of hydrogen-bond donors (Lipinski definition) is 1. The van der Waals surface area contributed by atoms with E-state index in [0.29, 0.717) is 0 Å². The van der Waals surface area contributed by atoms with Gasteiger partial charge in [-0.2, -0.15) is 0 Å². The first kappa shape index (κ1) is 12.2. The minimum Gasteiger partial charge on any atom is -0.381 e. The van der Waals surface area contributed by atoms with Crippen LogP contribution in [0, 0.1) is 0 Å². The Morgan fingerprint density at radius 2 is 1.88 bits per heavy atom. The van der Waals surface area contributed by atoms with Crippen molar-refractivity contribution >= 4 is 32.4 Å². The molecule has 0 aliphatic rings. The Morgan fingerprint density at radius 1 is 1.18 bits per heavy atom. The van der Waals surface area contributed by atoms with Gasteiger partial charge < -0.3 is 5.32 Å². The molecule has 0 unspecified atom stereocenters. The van der Waals surface area contributed by atoms with Crippen molar-refractivity contribution < 1.29 is 0 Å². The lowest BCUT2D eigenvalue weighted by molar-refractivity contribution is 1.05. The molecule has 0 fully saturated rings. The molecule has 2 aromatic carbocycles. The molecular formula is C15H16BrN. The van der Waals surface area contributed by atoms with Gasteiger partial charge in [-0.15, -0.1) is 0 Å². The van der Waals surface area contributed by atoms with Crippen LogP contribution in [0.1, 0.15) is 13.3 Å². The molecule has 0 radical (unpaired) electrons. The van der Waals surface area contributed by atoms with Crippen LogP contribution in [-0.4, -0.2) is 6.54 Å². The predicted molar refractivity (Wildman–Crippen MR) is 79.6 cm³/mol. The molecule has 2 heteroatoms. The molecule has 0 saturated heterocycles. The van der Waals surface area contributed by atoms with Crippen LogP contribution in [0.4, 0.5) is 5.69 Å². The molecule has 0 spiro atoms. The second kappa shape index (κ2) is 5.37. The summed E-state index contributed by atoms with van der Waals surface area (Å²) in [6.07, 6.45) is 1.02. The van der Waals surface area contributed by atoms with Crippen LogP contribution in [0.25, 0.3) is 10.8 Å². The number of fused-ring (bicyclic) bond motifs is 1. The third kappa shape index (κ3) is 2.70. The third-order valence-electron chi connectivity index (χ3n) is 2.90. The smallest absolute Gasteiger partial charge is 0.0423 e. The van der Waals surface area contributed by atoms with Gasteiger partial charge in [-0.1, -0.05) is 59.3 Å². The van der Waals surface area contributed by atoms with E-state index in [4.69, 9.17) is 0 Å². The highest BCUT2D eigenvalue weighted by Crippen LogP contribution is 2.29. The standard InChI is InChI=1S/C15H16BrN/c1-3-11(2)10-17-15-9-8-14(16)12-6-4-5-7-13(12)15/h4-9,17H,2-3,10H2,1H3. The number of benzene rings is 2. The Labute approximate surface area is 111 Å². The van der Waals surface area contributed by atoms with Crippen molar-refractivity contribution in [2.24, 2.45) is 0 Å². The Hall–Kier alpha value is -1.28. The second-order valence-electron chi connectivity index (χ2n) is 4.10. The second-order valence-corrected chi connectivity index (χ2v) is 4.95. The Morgan fingerprint density at radius 3 is 2.59 bits per heavy atom. The van der Waals surface area contributed by atoms with Crippen molar-refractivity contribution in [2.45, 2.75) is 13.3 Å². The van der Waals surface area contributed by atoms with Gasteiger partial charge in [-0.3, -0.25) is 0 Å². The predicted octanol–water partition coefficient (Wildman–Crippen LogP) is 4.98. The molecular weight excluding hydrogens is 274 g/mol. The summed E-state index contributed by atoms with van der Waals surface area (Å²) in [5, 5.41) is 5.92. The average molecular weight is 290 g/mol. The van der Waals surface area contributed by atoms with Gasteiger partial charge in [0, 0.05) is 22.1 Å². The van der Waals surface area contributed by atoms with Crippen molar-refractivity contribution in [2.75, 3.05) is 11.9 Å². The van der Waals surface area contributed by atoms with Crippen LogP contribution < -0.4 is 5.32 Å². The first-order chi connectivity index (χ1) is 8.22. The minimum absolute atomic E-state index is 0.835. The van der Waals surface area contributed by atoms with Crippen LogP contribution in [0.15, 0.2) is 53.0 Å². The Kier molecular flexibility index (Phi) is 3.85. The Balaban J connectivity index is 2.35. The number of anilines is 1. The molecule has 0 aliphatic heterocycles. The van der Waals surface area contributed by atoms with Crippen LogP contribution in [0.2, 0.25) is 0 Å². The lowest BCUT2D eigenvalue weighted by Gasteiger charge is -2.11. The van der Waals surface area contributed by atoms with Crippen molar-refractivity contribution in [3.63, 3.8) is 0 Å². The number of halogens is 1. The number of hydrogen-bond acceptors (Lipinski definition) is 1. The molecule has 0 heterocycles. The van der Waals surface area contributed by atoms with E-state index in [2.05, 4.69) is 71.1 Å². The van der Waals surface area contributed by atoms with Gasteiger partial charge in [-0.05, 0) is 23.9 Å². The SMILES string of the molecule is C=C(CC)CNc1ccc(Br)c2ccccc12. The van der Waals surface area contributed by atoms with E-state index in [9.17, 15) is 0 Å². The maximum atomic E-state index is 4.01. The van der Waals surface area contributed by atoms with E-state index in [1.165, 1.54) is 22.0 Å². The van der Waals surface area contributed by atoms with Gasteiger partial charge >= 0.3 is 0 Å². The van der Waals surface area contributed by atoms with Crippen molar-refractivity contribution in [3.8, 4) is 0 Å². The van der Waals surface area contributed by atoms with Gasteiger partial charge in [0.05, 0.1) is 0 Å². The molecule has 0 amide bonds. The fourth-order valence-electron chi connectivity index (χ4n) is 1.76. The molecule has 88 valence electrons. The zero-order chi connectivity index (χ0) is 12.3. The fourth-order valence-corrected chi connectivity index (χ4v) is 2.24. The van der Waals surface area contributed by atoms with E-state index in [0.717, 1.165) is 17.4 Å². The van der Waals surface area contributed by atoms with Crippen molar-refractivity contribution in [3.05, 3.63) is 53.0 Å². The minimum atomic E-state index is 0.835. The van der Waals surface area contributed by atoms with Crippen molar-refractivity contribution in [1.29, 1.82) is 0 Å². The molecule has 0 atom stereocenters. The average Bonchev–Trinajstić information content (AvgIpc) is 2.38. The molecule has 0 aliphatic carbocycles. The van der Waals surface area contributed by atoms with Gasteiger partial charge in [-0.25, -0.2) is 0 Å². The van der Waals surface area contributed by atoms with Gasteiger partial charge in [0.15, 0.2) is 0 Å². The molecule has 1 nitrogen and oxygen atoms in total. The maximum Gasteiger partial charge on any atom is 0.0423 e. The van der Waals surface area contributed by atoms with Crippen LogP contribution in [0.3, 0.4) is 0 Å². The quantitative estimate of drug-likeness (QED) is 0.783. The Bertz CT molecular complexity index is 546. The third-order valence-corrected chi connectivity index (χ3v) is 3.59. The topological polar surface area (TPSA) is 12.0 Å². The monoisotopic (exact) mass is 289 g/mol. The fraction of sp³-hybridized carbons (Fsp3) is 0.200. The highest BCUT2D eigenvalue weighted by molar-refractivity contribution is 9.10. The van der Waals surface area contributed by atoms with E-state index in [-0.39, 0.29) is 0 Å². The molecule has 1 N–H and O–H groups in total. The summed E-state index contributed by atoms with van der Waals surface area (Å²) in [6.45, 7) is 6.98. The molecule has 17 heavy (non-hydrogen) atoms. The van der Waals surface area contributed by atoms with Gasteiger partial charge in [0.25, 0.3) is 0 Å². The van der Waals surface area contributed by atoms with Gasteiger partial charge in [0.2, 0.25) is 0 Å². The summed E-state index contributed by atoms with van der Waals surface area (Å²) in [6, 6.07) is 12.6. The summed E-state index contributed by atoms with van der Waals surface area (Å²) in [4.78, 5) is 0. The molecule has 0 aromatic heterocycles. The van der Waals surface area contributed by atoms with Crippen LogP contribution in [-0.2, 0) is 0 Å².